The van der Waals surface area contributed by atoms with E-state index in [9.17, 15) is 17.2 Å². The molecular weight excluding hydrogens is 320 g/mol. The van der Waals surface area contributed by atoms with Crippen molar-refractivity contribution in [3.63, 3.8) is 0 Å². The maximum Gasteiger partial charge on any atom is 0.243 e. The molecule has 1 heterocycles. The van der Waals surface area contributed by atoms with Gasteiger partial charge in [-0.2, -0.15) is 0 Å². The summed E-state index contributed by atoms with van der Waals surface area (Å²) < 4.78 is 63.6. The molecule has 1 fully saturated rings. The Morgan fingerprint density at radius 3 is 2.77 bits per heavy atom. The molecule has 2 N–H and O–H groups in total. The highest BCUT2D eigenvalue weighted by Gasteiger charge is 2.37. The number of aliphatic hydroxyl groups excluding tert-OH is 1. The minimum Gasteiger partial charge on any atom is -0.394 e. The Bertz CT molecular complexity index is 617. The van der Waals surface area contributed by atoms with Crippen LogP contribution in [0.25, 0.3) is 0 Å². The van der Waals surface area contributed by atoms with Gasteiger partial charge in [-0.15, -0.1) is 0 Å². The zero-order chi connectivity index (χ0) is 16.2. The van der Waals surface area contributed by atoms with Gasteiger partial charge in [-0.25, -0.2) is 21.9 Å². The predicted octanol–water partition coefficient (Wildman–Crippen LogP) is 0.411. The van der Waals surface area contributed by atoms with Crippen LogP contribution in [0.15, 0.2) is 23.1 Å². The van der Waals surface area contributed by atoms with Crippen LogP contribution < -0.4 is 4.72 Å². The maximum atomic E-state index is 13.6. The minimum atomic E-state index is -4.15. The molecule has 2 rings (SSSR count). The van der Waals surface area contributed by atoms with Gasteiger partial charge in [0.25, 0.3) is 0 Å². The number of hydrogen-bond acceptors (Lipinski definition) is 5. The molecule has 1 aromatic rings. The first-order valence-electron chi connectivity index (χ1n) is 6.66. The average Bonchev–Trinajstić information content (AvgIpc) is 2.92. The molecule has 0 radical (unpaired) electrons. The first kappa shape index (κ1) is 17.2. The zero-order valence-electron chi connectivity index (χ0n) is 11.7. The summed E-state index contributed by atoms with van der Waals surface area (Å²) in [4.78, 5) is -0.634. The van der Waals surface area contributed by atoms with Gasteiger partial charge in [0.05, 0.1) is 19.8 Å². The summed E-state index contributed by atoms with van der Waals surface area (Å²) in [6.07, 6.45) is 0.446. The van der Waals surface area contributed by atoms with Crippen molar-refractivity contribution in [2.24, 2.45) is 0 Å². The standard InChI is InChI=1S/C13H17F2NO5S/c14-10-1-2-12(11(15)7-10)22(18,19)16-8-13(21-6-4-17)3-5-20-9-13/h1-2,7,16-17H,3-6,8-9H2. The Balaban J connectivity index is 2.11. The van der Waals surface area contributed by atoms with Crippen LogP contribution in [-0.4, -0.2) is 52.1 Å². The van der Waals surface area contributed by atoms with E-state index in [0.717, 1.165) is 12.1 Å². The van der Waals surface area contributed by atoms with Crippen LogP contribution >= 0.6 is 0 Å². The Morgan fingerprint density at radius 1 is 1.41 bits per heavy atom. The van der Waals surface area contributed by atoms with Gasteiger partial charge in [0.2, 0.25) is 10.0 Å². The summed E-state index contributed by atoms with van der Waals surface area (Å²) in [6.45, 7) is 0.267. The molecule has 1 unspecified atom stereocenters. The molecular formula is C13H17F2NO5S. The maximum absolute atomic E-state index is 13.6. The van der Waals surface area contributed by atoms with E-state index in [1.165, 1.54) is 0 Å². The fourth-order valence-corrected chi connectivity index (χ4v) is 3.32. The summed E-state index contributed by atoms with van der Waals surface area (Å²) in [5.74, 6) is -2.02. The molecule has 0 aromatic heterocycles. The van der Waals surface area contributed by atoms with Gasteiger partial charge in [-0.3, -0.25) is 0 Å². The van der Waals surface area contributed by atoms with E-state index in [1.54, 1.807) is 0 Å². The highest BCUT2D eigenvalue weighted by molar-refractivity contribution is 7.89. The number of hydrogen-bond donors (Lipinski definition) is 2. The molecule has 9 heteroatoms. The van der Waals surface area contributed by atoms with Crippen LogP contribution in [0.1, 0.15) is 6.42 Å². The Kier molecular flexibility index (Phi) is 5.45. The van der Waals surface area contributed by atoms with Crippen molar-refractivity contribution in [1.29, 1.82) is 0 Å². The quantitative estimate of drug-likeness (QED) is 0.753. The number of rotatable bonds is 7. The Hall–Kier alpha value is -1.13. The lowest BCUT2D eigenvalue weighted by atomic mass is 10.0. The molecule has 124 valence electrons. The van der Waals surface area contributed by atoms with Gasteiger partial charge in [0.1, 0.15) is 22.1 Å². The number of benzene rings is 1. The molecule has 1 aromatic carbocycles. The van der Waals surface area contributed by atoms with Crippen LogP contribution in [0.2, 0.25) is 0 Å². The smallest absolute Gasteiger partial charge is 0.243 e. The number of sulfonamides is 1. The van der Waals surface area contributed by atoms with Gasteiger partial charge in [-0.05, 0) is 12.1 Å². The Morgan fingerprint density at radius 2 is 2.18 bits per heavy atom. The van der Waals surface area contributed by atoms with Crippen LogP contribution in [0.5, 0.6) is 0 Å². The highest BCUT2D eigenvalue weighted by Crippen LogP contribution is 2.24. The van der Waals surface area contributed by atoms with E-state index in [-0.39, 0.29) is 26.4 Å². The van der Waals surface area contributed by atoms with Crippen molar-refractivity contribution >= 4 is 10.0 Å². The van der Waals surface area contributed by atoms with E-state index in [4.69, 9.17) is 14.6 Å². The predicted molar refractivity (Wildman–Crippen MR) is 72.8 cm³/mol. The fourth-order valence-electron chi connectivity index (χ4n) is 2.15. The van der Waals surface area contributed by atoms with Crippen LogP contribution in [0, 0.1) is 11.6 Å². The second-order valence-electron chi connectivity index (χ2n) is 4.96. The fraction of sp³-hybridized carbons (Fsp3) is 0.538. The van der Waals surface area contributed by atoms with Crippen molar-refractivity contribution in [3.8, 4) is 0 Å². The lowest BCUT2D eigenvalue weighted by Crippen LogP contribution is -2.46. The summed E-state index contributed by atoms with van der Waals surface area (Å²) in [7, 11) is -4.15. The molecule has 0 amide bonds. The van der Waals surface area contributed by atoms with Crippen LogP contribution in [0.3, 0.4) is 0 Å². The third kappa shape index (κ3) is 3.99. The van der Waals surface area contributed by atoms with E-state index >= 15 is 0 Å². The summed E-state index contributed by atoms with van der Waals surface area (Å²) in [5.41, 5.74) is -0.897. The topological polar surface area (TPSA) is 84.9 Å². The van der Waals surface area contributed by atoms with Crippen molar-refractivity contribution in [3.05, 3.63) is 29.8 Å². The Labute approximate surface area is 127 Å². The molecule has 0 aliphatic carbocycles. The average molecular weight is 337 g/mol. The van der Waals surface area contributed by atoms with Gasteiger partial charge in [0.15, 0.2) is 0 Å². The number of halogens is 2. The van der Waals surface area contributed by atoms with Gasteiger partial charge in [-0.1, -0.05) is 0 Å². The van der Waals surface area contributed by atoms with Crippen molar-refractivity contribution < 1.29 is 31.8 Å². The van der Waals surface area contributed by atoms with E-state index in [0.29, 0.717) is 19.1 Å². The van der Waals surface area contributed by atoms with Gasteiger partial charge < -0.3 is 14.6 Å². The van der Waals surface area contributed by atoms with Gasteiger partial charge in [0, 0.05) is 25.6 Å². The van der Waals surface area contributed by atoms with E-state index in [1.807, 2.05) is 0 Å². The van der Waals surface area contributed by atoms with E-state index in [2.05, 4.69) is 4.72 Å². The molecule has 1 aliphatic rings. The monoisotopic (exact) mass is 337 g/mol. The molecule has 1 atom stereocenters. The summed E-state index contributed by atoms with van der Waals surface area (Å²) in [6, 6.07) is 2.24. The van der Waals surface area contributed by atoms with Crippen molar-refractivity contribution in [2.75, 3.05) is 33.0 Å². The summed E-state index contributed by atoms with van der Waals surface area (Å²) in [5, 5.41) is 8.82. The molecule has 0 spiro atoms. The molecule has 6 nitrogen and oxygen atoms in total. The molecule has 0 bridgehead atoms. The zero-order valence-corrected chi connectivity index (χ0v) is 12.5. The highest BCUT2D eigenvalue weighted by atomic mass is 32.2. The minimum absolute atomic E-state index is 0.0377. The molecule has 22 heavy (non-hydrogen) atoms. The van der Waals surface area contributed by atoms with Crippen molar-refractivity contribution in [1.82, 2.24) is 4.72 Å². The van der Waals surface area contributed by atoms with E-state index < -0.39 is 32.2 Å². The third-order valence-electron chi connectivity index (χ3n) is 3.33. The molecule has 1 aliphatic heterocycles. The lowest BCUT2D eigenvalue weighted by Gasteiger charge is -2.27. The number of ether oxygens (including phenoxy) is 2. The second-order valence-corrected chi connectivity index (χ2v) is 6.69. The number of aliphatic hydroxyl groups is 1. The number of nitrogens with one attached hydrogen (secondary N) is 1. The van der Waals surface area contributed by atoms with Crippen molar-refractivity contribution in [2.45, 2.75) is 16.9 Å². The van der Waals surface area contributed by atoms with Crippen LogP contribution in [-0.2, 0) is 19.5 Å². The first-order chi connectivity index (χ1) is 10.4. The second kappa shape index (κ2) is 6.97. The lowest BCUT2D eigenvalue weighted by molar-refractivity contribution is -0.0566. The third-order valence-corrected chi connectivity index (χ3v) is 4.77. The van der Waals surface area contributed by atoms with Crippen LogP contribution in [0.4, 0.5) is 8.78 Å². The van der Waals surface area contributed by atoms with Gasteiger partial charge >= 0.3 is 0 Å². The SMILES string of the molecule is O=S(=O)(NCC1(OCCO)CCOC1)c1ccc(F)cc1F. The normalized spacial score (nSPS) is 22.1. The first-order valence-corrected chi connectivity index (χ1v) is 8.14. The molecule has 1 saturated heterocycles. The summed E-state index contributed by atoms with van der Waals surface area (Å²) >= 11 is 0. The largest absolute Gasteiger partial charge is 0.394 e. The molecule has 0 saturated carbocycles.